The molecule has 0 aliphatic carbocycles. The smallest absolute Gasteiger partial charge is 0.203 e. The molecule has 134 valence electrons. The van der Waals surface area contributed by atoms with Gasteiger partial charge in [0, 0.05) is 12.7 Å². The molecule has 0 unspecified atom stereocenters. The molecule has 0 radical (unpaired) electrons. The highest BCUT2D eigenvalue weighted by Crippen LogP contribution is 2.32. The van der Waals surface area contributed by atoms with Crippen molar-refractivity contribution in [1.82, 2.24) is 9.78 Å². The van der Waals surface area contributed by atoms with Crippen molar-refractivity contribution < 1.29 is 13.9 Å². The number of ketones is 1. The molecule has 26 heavy (non-hydrogen) atoms. The number of hydrogen-bond acceptors (Lipinski definition) is 4. The average molecular weight is 391 g/mol. The first-order valence-corrected chi connectivity index (χ1v) is 8.74. The molecule has 1 aromatic carbocycles. The van der Waals surface area contributed by atoms with E-state index < -0.39 is 0 Å². The summed E-state index contributed by atoms with van der Waals surface area (Å²) in [5, 5.41) is 4.87. The number of rotatable bonds is 7. The van der Waals surface area contributed by atoms with Gasteiger partial charge in [0.25, 0.3) is 0 Å². The number of ether oxygens (including phenoxy) is 1. The summed E-state index contributed by atoms with van der Waals surface area (Å²) in [4.78, 5) is 12.2. The molecule has 0 spiro atoms. The molecular weight excluding hydrogens is 375 g/mol. The SMILES string of the molecule is CCn1nccc1C(=O)C=Cc1ccc(COc2cccc(Cl)c2Cl)o1. The molecule has 7 heteroatoms. The van der Waals surface area contributed by atoms with E-state index in [-0.39, 0.29) is 12.4 Å². The van der Waals surface area contributed by atoms with Crippen LogP contribution in [0, 0.1) is 0 Å². The van der Waals surface area contributed by atoms with Crippen LogP contribution in [0.1, 0.15) is 28.9 Å². The van der Waals surface area contributed by atoms with Gasteiger partial charge in [-0.3, -0.25) is 9.48 Å². The Kier molecular flexibility index (Phi) is 5.81. The molecule has 0 saturated heterocycles. The number of carbonyl (C=O) groups excluding carboxylic acids is 1. The van der Waals surface area contributed by atoms with Gasteiger partial charge in [-0.2, -0.15) is 5.10 Å². The predicted octanol–water partition coefficient (Wildman–Crippen LogP) is 5.28. The number of allylic oxidation sites excluding steroid dienone is 1. The summed E-state index contributed by atoms with van der Waals surface area (Å²) < 4.78 is 12.9. The van der Waals surface area contributed by atoms with E-state index in [1.807, 2.05) is 6.92 Å². The van der Waals surface area contributed by atoms with Crippen LogP contribution in [0.4, 0.5) is 0 Å². The molecule has 5 nitrogen and oxygen atoms in total. The second-order valence-electron chi connectivity index (χ2n) is 5.37. The highest BCUT2D eigenvalue weighted by atomic mass is 35.5. The van der Waals surface area contributed by atoms with E-state index in [1.165, 1.54) is 6.08 Å². The van der Waals surface area contributed by atoms with Gasteiger partial charge in [-0.15, -0.1) is 0 Å². The number of halogens is 2. The molecule has 0 aliphatic heterocycles. The first-order valence-electron chi connectivity index (χ1n) is 7.98. The van der Waals surface area contributed by atoms with Gasteiger partial charge in [-0.1, -0.05) is 29.3 Å². The Labute approximate surface area is 160 Å². The highest BCUT2D eigenvalue weighted by Gasteiger charge is 2.09. The molecule has 2 aromatic heterocycles. The Morgan fingerprint density at radius 1 is 1.27 bits per heavy atom. The summed E-state index contributed by atoms with van der Waals surface area (Å²) in [7, 11) is 0. The van der Waals surface area contributed by atoms with Gasteiger partial charge >= 0.3 is 0 Å². The zero-order chi connectivity index (χ0) is 18.5. The Morgan fingerprint density at radius 3 is 2.92 bits per heavy atom. The standard InChI is InChI=1S/C19H16Cl2N2O3/c1-2-23-16(10-11-22-23)17(24)9-8-13-6-7-14(26-13)12-25-18-5-3-4-15(20)19(18)21/h3-11H,2,12H2,1H3. The zero-order valence-electron chi connectivity index (χ0n) is 14.0. The van der Waals surface area contributed by atoms with Gasteiger partial charge in [-0.25, -0.2) is 0 Å². The molecule has 0 saturated carbocycles. The fourth-order valence-corrected chi connectivity index (χ4v) is 2.69. The Balaban J connectivity index is 1.63. The second kappa shape index (κ2) is 8.25. The maximum atomic E-state index is 12.2. The number of aryl methyl sites for hydroxylation is 1. The summed E-state index contributed by atoms with van der Waals surface area (Å²) >= 11 is 12.0. The summed E-state index contributed by atoms with van der Waals surface area (Å²) in [5.74, 6) is 1.50. The third-order valence-corrected chi connectivity index (χ3v) is 4.44. The van der Waals surface area contributed by atoms with Crippen molar-refractivity contribution in [2.24, 2.45) is 0 Å². The normalized spacial score (nSPS) is 11.2. The Hall–Kier alpha value is -2.50. The maximum Gasteiger partial charge on any atom is 0.203 e. The predicted molar refractivity (Wildman–Crippen MR) is 101 cm³/mol. The average Bonchev–Trinajstić information content (AvgIpc) is 3.30. The summed E-state index contributed by atoms with van der Waals surface area (Å²) in [6.45, 7) is 2.76. The second-order valence-corrected chi connectivity index (χ2v) is 6.16. The number of nitrogens with zero attached hydrogens (tertiary/aromatic N) is 2. The van der Waals surface area contributed by atoms with Crippen LogP contribution in [0.3, 0.4) is 0 Å². The van der Waals surface area contributed by atoms with Crippen LogP contribution >= 0.6 is 23.2 Å². The van der Waals surface area contributed by atoms with Gasteiger partial charge in [-0.05, 0) is 49.4 Å². The summed E-state index contributed by atoms with van der Waals surface area (Å²) in [6, 6.07) is 10.4. The van der Waals surface area contributed by atoms with Crippen LogP contribution in [0.25, 0.3) is 6.08 Å². The molecular formula is C19H16Cl2N2O3. The number of furan rings is 1. The lowest BCUT2D eigenvalue weighted by atomic mass is 10.2. The van der Waals surface area contributed by atoms with Crippen molar-refractivity contribution in [2.75, 3.05) is 0 Å². The fraction of sp³-hybridized carbons (Fsp3) is 0.158. The van der Waals surface area contributed by atoms with Crippen LogP contribution in [-0.4, -0.2) is 15.6 Å². The van der Waals surface area contributed by atoms with Crippen molar-refractivity contribution in [3.05, 3.63) is 75.9 Å². The minimum Gasteiger partial charge on any atom is -0.484 e. The van der Waals surface area contributed by atoms with E-state index in [0.29, 0.717) is 39.6 Å². The van der Waals surface area contributed by atoms with Crippen molar-refractivity contribution in [1.29, 1.82) is 0 Å². The molecule has 0 aliphatic rings. The Morgan fingerprint density at radius 2 is 2.12 bits per heavy atom. The van der Waals surface area contributed by atoms with Gasteiger partial charge in [0.1, 0.15) is 34.6 Å². The first-order chi connectivity index (χ1) is 12.6. The van der Waals surface area contributed by atoms with E-state index in [2.05, 4.69) is 5.10 Å². The molecule has 0 bridgehead atoms. The quantitative estimate of drug-likeness (QED) is 0.406. The van der Waals surface area contributed by atoms with E-state index in [0.717, 1.165) is 0 Å². The Bertz CT molecular complexity index is 944. The minimum atomic E-state index is -0.135. The van der Waals surface area contributed by atoms with Crippen LogP contribution in [0.15, 0.2) is 53.1 Å². The third kappa shape index (κ3) is 4.18. The lowest BCUT2D eigenvalue weighted by molar-refractivity contribution is 0.103. The van der Waals surface area contributed by atoms with Gasteiger partial charge in [0.05, 0.1) is 5.02 Å². The van der Waals surface area contributed by atoms with Crippen LogP contribution in [0.2, 0.25) is 10.0 Å². The monoisotopic (exact) mass is 390 g/mol. The topological polar surface area (TPSA) is 57.3 Å². The van der Waals surface area contributed by atoms with E-state index in [4.69, 9.17) is 32.4 Å². The van der Waals surface area contributed by atoms with Crippen molar-refractivity contribution in [2.45, 2.75) is 20.1 Å². The van der Waals surface area contributed by atoms with E-state index >= 15 is 0 Å². The number of benzene rings is 1. The summed E-state index contributed by atoms with van der Waals surface area (Å²) in [5.41, 5.74) is 0.537. The number of hydrogen-bond donors (Lipinski definition) is 0. The van der Waals surface area contributed by atoms with Crippen molar-refractivity contribution in [3.63, 3.8) is 0 Å². The largest absolute Gasteiger partial charge is 0.484 e. The van der Waals surface area contributed by atoms with Gasteiger partial charge in [0.15, 0.2) is 0 Å². The third-order valence-electron chi connectivity index (χ3n) is 3.64. The lowest BCUT2D eigenvalue weighted by Crippen LogP contribution is -2.07. The molecule has 0 amide bonds. The van der Waals surface area contributed by atoms with Crippen molar-refractivity contribution in [3.8, 4) is 5.75 Å². The fourth-order valence-electron chi connectivity index (χ4n) is 2.34. The number of aromatic nitrogens is 2. The van der Waals surface area contributed by atoms with Crippen LogP contribution in [0.5, 0.6) is 5.75 Å². The highest BCUT2D eigenvalue weighted by molar-refractivity contribution is 6.42. The van der Waals surface area contributed by atoms with Gasteiger partial charge < -0.3 is 9.15 Å². The molecule has 0 atom stereocenters. The maximum absolute atomic E-state index is 12.2. The van der Waals surface area contributed by atoms with Crippen LogP contribution < -0.4 is 4.74 Å². The molecule has 2 heterocycles. The molecule has 0 fully saturated rings. The molecule has 3 rings (SSSR count). The van der Waals surface area contributed by atoms with E-state index in [9.17, 15) is 4.79 Å². The lowest BCUT2D eigenvalue weighted by Gasteiger charge is -2.06. The van der Waals surface area contributed by atoms with Crippen LogP contribution in [-0.2, 0) is 13.2 Å². The van der Waals surface area contributed by atoms with Gasteiger partial charge in [0.2, 0.25) is 5.78 Å². The van der Waals surface area contributed by atoms with Crippen molar-refractivity contribution >= 4 is 35.1 Å². The molecule has 3 aromatic rings. The zero-order valence-corrected chi connectivity index (χ0v) is 15.5. The van der Waals surface area contributed by atoms with E-state index in [1.54, 1.807) is 53.4 Å². The number of carbonyl (C=O) groups is 1. The molecule has 0 N–H and O–H groups in total. The first kappa shape index (κ1) is 18.3. The minimum absolute atomic E-state index is 0.135. The summed E-state index contributed by atoms with van der Waals surface area (Å²) in [6.07, 6.45) is 4.68.